The minimum atomic E-state index is -1.73. The average Bonchev–Trinajstić information content (AvgIpc) is 2.52. The Labute approximate surface area is 138 Å². The Morgan fingerprint density at radius 2 is 1.83 bits per heavy atom. The fourth-order valence-electron chi connectivity index (χ4n) is 1.93. The number of benzene rings is 1. The van der Waals surface area contributed by atoms with Crippen LogP contribution in [-0.2, 0) is 14.3 Å². The van der Waals surface area contributed by atoms with E-state index in [9.17, 15) is 27.6 Å². The molecular formula is C15H9ClF3NO4. The van der Waals surface area contributed by atoms with Gasteiger partial charge in [0.2, 0.25) is 11.6 Å². The number of nitrogens with zero attached hydrogens (tertiary/aromatic N) is 1. The molecule has 0 aliphatic carbocycles. The zero-order valence-corrected chi connectivity index (χ0v) is 12.9. The van der Waals surface area contributed by atoms with Gasteiger partial charge in [0.15, 0.2) is 17.5 Å². The van der Waals surface area contributed by atoms with Gasteiger partial charge in [-0.15, -0.1) is 0 Å². The van der Waals surface area contributed by atoms with Crippen molar-refractivity contribution in [3.05, 3.63) is 40.3 Å². The molecular weight excluding hydrogens is 351 g/mol. The molecule has 5 nitrogen and oxygen atoms in total. The molecule has 2 aromatic rings. The average molecular weight is 360 g/mol. The highest BCUT2D eigenvalue weighted by atomic mass is 35.5. The highest BCUT2D eigenvalue weighted by molar-refractivity contribution is 6.49. The third-order valence-corrected chi connectivity index (χ3v) is 3.29. The summed E-state index contributed by atoms with van der Waals surface area (Å²) in [5.74, 6) is -7.99. The van der Waals surface area contributed by atoms with Crippen LogP contribution in [0.3, 0.4) is 0 Å². The van der Waals surface area contributed by atoms with Crippen molar-refractivity contribution in [1.29, 1.82) is 0 Å². The fraction of sp³-hybridized carbons (Fsp3) is 0.200. The van der Waals surface area contributed by atoms with Crippen molar-refractivity contribution in [2.45, 2.75) is 13.3 Å². The molecule has 1 heterocycles. The number of hydrogen-bond acceptors (Lipinski definition) is 5. The second-order valence-corrected chi connectivity index (χ2v) is 4.98. The summed E-state index contributed by atoms with van der Waals surface area (Å²) in [6, 6.07) is 1.52. The number of pyridine rings is 1. The maximum absolute atomic E-state index is 13.6. The van der Waals surface area contributed by atoms with Crippen LogP contribution in [0.2, 0.25) is 5.15 Å². The van der Waals surface area contributed by atoms with E-state index < -0.39 is 57.6 Å². The fourth-order valence-corrected chi connectivity index (χ4v) is 2.16. The van der Waals surface area contributed by atoms with Gasteiger partial charge >= 0.3 is 5.97 Å². The molecule has 0 N–H and O–H groups in total. The number of carbonyl (C=O) groups excluding carboxylic acids is 3. The van der Waals surface area contributed by atoms with Gasteiger partial charge in [-0.3, -0.25) is 14.4 Å². The zero-order valence-electron chi connectivity index (χ0n) is 12.2. The summed E-state index contributed by atoms with van der Waals surface area (Å²) < 4.78 is 44.6. The predicted octanol–water partition coefficient (Wildman–Crippen LogP) is 3.01. The molecule has 24 heavy (non-hydrogen) atoms. The highest BCUT2D eigenvalue weighted by Crippen LogP contribution is 2.26. The Morgan fingerprint density at radius 3 is 2.46 bits per heavy atom. The first-order chi connectivity index (χ1) is 11.3. The third kappa shape index (κ3) is 3.38. The Kier molecular flexibility index (Phi) is 5.18. The van der Waals surface area contributed by atoms with Crippen LogP contribution >= 0.6 is 11.6 Å². The lowest BCUT2D eigenvalue weighted by molar-refractivity contribution is -0.144. The maximum Gasteiger partial charge on any atom is 0.313 e. The van der Waals surface area contributed by atoms with Gasteiger partial charge < -0.3 is 4.74 Å². The van der Waals surface area contributed by atoms with E-state index in [4.69, 9.17) is 11.6 Å². The molecule has 0 saturated heterocycles. The topological polar surface area (TPSA) is 73.3 Å². The van der Waals surface area contributed by atoms with Gasteiger partial charge in [0.05, 0.1) is 12.2 Å². The summed E-state index contributed by atoms with van der Waals surface area (Å²) >= 11 is 5.72. The van der Waals surface area contributed by atoms with E-state index in [1.54, 1.807) is 0 Å². The number of rotatable bonds is 5. The number of esters is 1. The van der Waals surface area contributed by atoms with Crippen molar-refractivity contribution < 1.29 is 32.3 Å². The number of ketones is 2. The summed E-state index contributed by atoms with van der Waals surface area (Å²) in [6.07, 6.45) is -0.812. The third-order valence-electron chi connectivity index (χ3n) is 3.01. The molecule has 9 heteroatoms. The Hall–Kier alpha value is -2.48. The lowest BCUT2D eigenvalue weighted by Crippen LogP contribution is -2.20. The first-order valence-electron chi connectivity index (χ1n) is 6.63. The molecule has 0 fully saturated rings. The van der Waals surface area contributed by atoms with E-state index in [0.717, 1.165) is 6.07 Å². The van der Waals surface area contributed by atoms with E-state index >= 15 is 0 Å². The summed E-state index contributed by atoms with van der Waals surface area (Å²) in [6.45, 7) is 1.55. The molecule has 0 aliphatic heterocycles. The molecule has 0 amide bonds. The number of halogens is 4. The van der Waals surface area contributed by atoms with Crippen LogP contribution in [0.1, 0.15) is 23.7 Å². The van der Waals surface area contributed by atoms with Crippen LogP contribution in [0.25, 0.3) is 10.9 Å². The molecule has 0 aliphatic rings. The first kappa shape index (κ1) is 17.9. The number of fused-ring (bicyclic) bond motifs is 1. The minimum absolute atomic E-state index is 0.0305. The summed E-state index contributed by atoms with van der Waals surface area (Å²) in [5.41, 5.74) is -1.04. The van der Waals surface area contributed by atoms with E-state index in [0.29, 0.717) is 6.07 Å². The number of Topliss-reactive ketones (excluding diaryl/α,β-unsaturated/α-hetero) is 2. The summed E-state index contributed by atoms with van der Waals surface area (Å²) in [5, 5.41) is -0.835. The number of aromatic nitrogens is 1. The van der Waals surface area contributed by atoms with Gasteiger partial charge in [-0.1, -0.05) is 11.6 Å². The van der Waals surface area contributed by atoms with Crippen LogP contribution in [0.4, 0.5) is 13.2 Å². The number of carbonyl (C=O) groups is 3. The highest BCUT2D eigenvalue weighted by Gasteiger charge is 2.25. The SMILES string of the molecule is CCOC(=O)CC(=O)C(=O)c1cc2cc(F)c(F)c(F)c2nc1Cl. The van der Waals surface area contributed by atoms with Crippen molar-refractivity contribution in [1.82, 2.24) is 4.98 Å². The van der Waals surface area contributed by atoms with Crippen LogP contribution in [0.5, 0.6) is 0 Å². The van der Waals surface area contributed by atoms with Gasteiger partial charge in [-0.2, -0.15) is 0 Å². The number of hydrogen-bond donors (Lipinski definition) is 0. The molecule has 0 bridgehead atoms. The summed E-state index contributed by atoms with van der Waals surface area (Å²) in [4.78, 5) is 38.5. The van der Waals surface area contributed by atoms with Crippen molar-refractivity contribution in [3.8, 4) is 0 Å². The van der Waals surface area contributed by atoms with E-state index in [2.05, 4.69) is 9.72 Å². The standard InChI is InChI=1S/C15H9ClF3NO4/c1-2-24-10(22)5-9(21)14(23)7-3-6-4-8(17)11(18)12(19)13(6)20-15(7)16/h3-4H,2,5H2,1H3. The molecule has 1 aromatic carbocycles. The van der Waals surface area contributed by atoms with Crippen molar-refractivity contribution >= 4 is 40.0 Å². The molecule has 0 unspecified atom stereocenters. The molecule has 0 atom stereocenters. The van der Waals surface area contributed by atoms with Crippen molar-refractivity contribution in [2.75, 3.05) is 6.61 Å². The lowest BCUT2D eigenvalue weighted by Gasteiger charge is -2.07. The molecule has 0 radical (unpaired) electrons. The van der Waals surface area contributed by atoms with Gasteiger partial charge in [0, 0.05) is 5.39 Å². The predicted molar refractivity (Wildman–Crippen MR) is 77.2 cm³/mol. The smallest absolute Gasteiger partial charge is 0.313 e. The second kappa shape index (κ2) is 6.96. The molecule has 2 rings (SSSR count). The van der Waals surface area contributed by atoms with Crippen molar-refractivity contribution in [3.63, 3.8) is 0 Å². The molecule has 1 aromatic heterocycles. The first-order valence-corrected chi connectivity index (χ1v) is 7.01. The monoisotopic (exact) mass is 359 g/mol. The van der Waals surface area contributed by atoms with Crippen LogP contribution in [0, 0.1) is 17.5 Å². The van der Waals surface area contributed by atoms with E-state index in [1.165, 1.54) is 6.92 Å². The normalized spacial score (nSPS) is 10.7. The quantitative estimate of drug-likeness (QED) is 0.205. The van der Waals surface area contributed by atoms with Crippen LogP contribution in [-0.4, -0.2) is 29.1 Å². The zero-order chi connectivity index (χ0) is 18.0. The van der Waals surface area contributed by atoms with Gasteiger partial charge in [0.1, 0.15) is 17.1 Å². The van der Waals surface area contributed by atoms with Gasteiger partial charge in [0.25, 0.3) is 0 Å². The van der Waals surface area contributed by atoms with Crippen LogP contribution < -0.4 is 0 Å². The largest absolute Gasteiger partial charge is 0.466 e. The van der Waals surface area contributed by atoms with Gasteiger partial charge in [-0.05, 0) is 19.1 Å². The minimum Gasteiger partial charge on any atom is -0.466 e. The Bertz CT molecular complexity index is 870. The Morgan fingerprint density at radius 1 is 1.17 bits per heavy atom. The maximum atomic E-state index is 13.6. The summed E-state index contributed by atoms with van der Waals surface area (Å²) in [7, 11) is 0. The Balaban J connectivity index is 2.44. The second-order valence-electron chi connectivity index (χ2n) is 4.62. The molecule has 0 spiro atoms. The van der Waals surface area contributed by atoms with Crippen molar-refractivity contribution in [2.24, 2.45) is 0 Å². The van der Waals surface area contributed by atoms with E-state index in [-0.39, 0.29) is 12.0 Å². The molecule has 126 valence electrons. The van der Waals surface area contributed by atoms with Gasteiger partial charge in [-0.25, -0.2) is 18.2 Å². The molecule has 0 saturated carbocycles. The van der Waals surface area contributed by atoms with E-state index in [1.807, 2.05) is 0 Å². The van der Waals surface area contributed by atoms with Crippen LogP contribution in [0.15, 0.2) is 12.1 Å². The number of ether oxygens (including phenoxy) is 1. The lowest BCUT2D eigenvalue weighted by atomic mass is 10.0.